The highest BCUT2D eigenvalue weighted by molar-refractivity contribution is 5.88. The van der Waals surface area contributed by atoms with E-state index >= 15 is 0 Å². The van der Waals surface area contributed by atoms with Gasteiger partial charge in [-0.15, -0.1) is 0 Å². The van der Waals surface area contributed by atoms with E-state index in [-0.39, 0.29) is 5.56 Å². The van der Waals surface area contributed by atoms with Crippen LogP contribution in [0.15, 0.2) is 24.8 Å². The lowest BCUT2D eigenvalue weighted by Gasteiger charge is -2.04. The van der Waals surface area contributed by atoms with Gasteiger partial charge in [0, 0.05) is 6.07 Å². The molecule has 0 aliphatic rings. The first-order chi connectivity index (χ1) is 6.65. The molecule has 1 aromatic heterocycles. The second-order valence-corrected chi connectivity index (χ2v) is 2.69. The largest absolute Gasteiger partial charge is 0.478 e. The summed E-state index contributed by atoms with van der Waals surface area (Å²) in [6.07, 6.45) is 1.60. The van der Waals surface area contributed by atoms with E-state index in [9.17, 15) is 4.79 Å². The Bertz CT molecular complexity index is 360. The molecule has 1 heterocycles. The van der Waals surface area contributed by atoms with E-state index in [0.29, 0.717) is 18.2 Å². The number of aromatic nitrogens is 1. The Labute approximate surface area is 81.9 Å². The van der Waals surface area contributed by atoms with E-state index in [0.717, 1.165) is 0 Å². The van der Waals surface area contributed by atoms with Gasteiger partial charge in [-0.05, 0) is 13.0 Å². The highest BCUT2D eigenvalue weighted by atomic mass is 16.5. The monoisotopic (exact) mass is 193 g/mol. The van der Waals surface area contributed by atoms with Gasteiger partial charge >= 0.3 is 5.97 Å². The Kier molecular flexibility index (Phi) is 3.23. The van der Waals surface area contributed by atoms with Crippen LogP contribution in [0.2, 0.25) is 0 Å². The molecule has 4 heteroatoms. The van der Waals surface area contributed by atoms with Crippen molar-refractivity contribution < 1.29 is 14.6 Å². The van der Waals surface area contributed by atoms with E-state index < -0.39 is 5.97 Å². The predicted octanol–water partition coefficient (Wildman–Crippen LogP) is 1.65. The number of carbonyl (C=O) groups is 1. The number of aromatic carboxylic acids is 1. The van der Waals surface area contributed by atoms with Crippen LogP contribution in [0.4, 0.5) is 0 Å². The Balaban J connectivity index is 2.88. The minimum absolute atomic E-state index is 0.191. The molecule has 0 radical (unpaired) electrons. The van der Waals surface area contributed by atoms with E-state index in [1.54, 1.807) is 13.0 Å². The molecule has 0 atom stereocenters. The molecular formula is C10H11NO3. The molecule has 0 fully saturated rings. The van der Waals surface area contributed by atoms with Crippen molar-refractivity contribution in [3.05, 3.63) is 36.0 Å². The zero-order valence-electron chi connectivity index (χ0n) is 7.86. The van der Waals surface area contributed by atoms with Crippen LogP contribution in [0.1, 0.15) is 16.1 Å². The number of aryl methyl sites for hydroxylation is 1. The number of nitrogens with zero attached hydrogens (tertiary/aromatic N) is 1. The summed E-state index contributed by atoms with van der Waals surface area (Å²) in [5.41, 5.74) is 0.634. The Morgan fingerprint density at radius 1 is 1.71 bits per heavy atom. The maximum Gasteiger partial charge on any atom is 0.337 e. The molecule has 1 aromatic rings. The van der Waals surface area contributed by atoms with Gasteiger partial charge in [0.05, 0.1) is 11.3 Å². The minimum atomic E-state index is -0.981. The molecule has 0 aliphatic carbocycles. The third-order valence-corrected chi connectivity index (χ3v) is 1.64. The van der Waals surface area contributed by atoms with Crippen LogP contribution in [0.25, 0.3) is 0 Å². The normalized spacial score (nSPS) is 9.50. The maximum atomic E-state index is 10.7. The zero-order valence-corrected chi connectivity index (χ0v) is 7.86. The zero-order chi connectivity index (χ0) is 10.6. The molecule has 0 aliphatic heterocycles. The molecule has 74 valence electrons. The van der Waals surface area contributed by atoms with Crippen molar-refractivity contribution in [1.82, 2.24) is 4.98 Å². The predicted molar refractivity (Wildman–Crippen MR) is 51.6 cm³/mol. The van der Waals surface area contributed by atoms with E-state index in [4.69, 9.17) is 9.84 Å². The second kappa shape index (κ2) is 4.41. The van der Waals surface area contributed by atoms with Crippen LogP contribution < -0.4 is 4.74 Å². The summed E-state index contributed by atoms with van der Waals surface area (Å²) in [5, 5.41) is 8.74. The van der Waals surface area contributed by atoms with Crippen molar-refractivity contribution in [2.45, 2.75) is 6.92 Å². The smallest absolute Gasteiger partial charge is 0.337 e. The van der Waals surface area contributed by atoms with Crippen molar-refractivity contribution >= 4 is 5.97 Å². The number of hydrogen-bond acceptors (Lipinski definition) is 3. The molecule has 0 amide bonds. The Morgan fingerprint density at radius 3 is 2.93 bits per heavy atom. The van der Waals surface area contributed by atoms with Crippen molar-refractivity contribution in [1.29, 1.82) is 0 Å². The van der Waals surface area contributed by atoms with Crippen molar-refractivity contribution in [2.75, 3.05) is 6.61 Å². The standard InChI is InChI=1S/C10H11NO3/c1-3-6-14-9-5-4-8(10(12)13)7(2)11-9/h3-5H,1,6H2,2H3,(H,12,13). The number of ether oxygens (including phenoxy) is 1. The summed E-state index contributed by atoms with van der Waals surface area (Å²) >= 11 is 0. The number of pyridine rings is 1. The lowest BCUT2D eigenvalue weighted by molar-refractivity contribution is 0.0695. The fourth-order valence-electron chi connectivity index (χ4n) is 0.989. The minimum Gasteiger partial charge on any atom is -0.478 e. The van der Waals surface area contributed by atoms with E-state index in [2.05, 4.69) is 11.6 Å². The molecule has 0 unspecified atom stereocenters. The molecular weight excluding hydrogens is 182 g/mol. The molecule has 14 heavy (non-hydrogen) atoms. The van der Waals surface area contributed by atoms with Gasteiger partial charge in [-0.25, -0.2) is 9.78 Å². The number of carboxylic acids is 1. The fourth-order valence-corrected chi connectivity index (χ4v) is 0.989. The van der Waals surface area contributed by atoms with Crippen molar-refractivity contribution in [3.63, 3.8) is 0 Å². The quantitative estimate of drug-likeness (QED) is 0.738. The van der Waals surface area contributed by atoms with Crippen LogP contribution >= 0.6 is 0 Å². The molecule has 1 N–H and O–H groups in total. The van der Waals surface area contributed by atoms with E-state index in [1.807, 2.05) is 0 Å². The molecule has 0 bridgehead atoms. The molecule has 4 nitrogen and oxygen atoms in total. The summed E-state index contributed by atoms with van der Waals surface area (Å²) in [6, 6.07) is 3.00. The van der Waals surface area contributed by atoms with Gasteiger partial charge in [0.2, 0.25) is 5.88 Å². The lowest BCUT2D eigenvalue weighted by atomic mass is 10.2. The first-order valence-corrected chi connectivity index (χ1v) is 4.09. The summed E-state index contributed by atoms with van der Waals surface area (Å²) in [4.78, 5) is 14.6. The van der Waals surface area contributed by atoms with Gasteiger partial charge in [0.15, 0.2) is 0 Å². The number of carboxylic acid groups (broad SMARTS) is 1. The summed E-state index contributed by atoms with van der Waals surface area (Å²) in [7, 11) is 0. The van der Waals surface area contributed by atoms with Gasteiger partial charge in [-0.3, -0.25) is 0 Å². The average molecular weight is 193 g/mol. The van der Waals surface area contributed by atoms with Crippen LogP contribution in [0, 0.1) is 6.92 Å². The van der Waals surface area contributed by atoms with Gasteiger partial charge in [0.25, 0.3) is 0 Å². The van der Waals surface area contributed by atoms with Gasteiger partial charge < -0.3 is 9.84 Å². The molecule has 0 aromatic carbocycles. The summed E-state index contributed by atoms with van der Waals surface area (Å²) < 4.78 is 5.15. The average Bonchev–Trinajstić information content (AvgIpc) is 2.14. The Hall–Kier alpha value is -1.84. The lowest BCUT2D eigenvalue weighted by Crippen LogP contribution is -2.03. The summed E-state index contributed by atoms with van der Waals surface area (Å²) in [5.74, 6) is -0.572. The first-order valence-electron chi connectivity index (χ1n) is 4.09. The van der Waals surface area contributed by atoms with Crippen LogP contribution in [-0.2, 0) is 0 Å². The number of hydrogen-bond donors (Lipinski definition) is 1. The van der Waals surface area contributed by atoms with Crippen LogP contribution in [-0.4, -0.2) is 22.7 Å². The van der Waals surface area contributed by atoms with Crippen molar-refractivity contribution in [2.24, 2.45) is 0 Å². The Morgan fingerprint density at radius 2 is 2.43 bits per heavy atom. The van der Waals surface area contributed by atoms with E-state index in [1.165, 1.54) is 12.1 Å². The van der Waals surface area contributed by atoms with Crippen LogP contribution in [0.5, 0.6) is 5.88 Å². The highest BCUT2D eigenvalue weighted by Gasteiger charge is 2.08. The third kappa shape index (κ3) is 2.32. The van der Waals surface area contributed by atoms with Gasteiger partial charge in [-0.1, -0.05) is 12.7 Å². The maximum absolute atomic E-state index is 10.7. The topological polar surface area (TPSA) is 59.4 Å². The number of rotatable bonds is 4. The fraction of sp³-hybridized carbons (Fsp3) is 0.200. The summed E-state index contributed by atoms with van der Waals surface area (Å²) in [6.45, 7) is 5.49. The van der Waals surface area contributed by atoms with Gasteiger partial charge in [-0.2, -0.15) is 0 Å². The molecule has 0 saturated carbocycles. The second-order valence-electron chi connectivity index (χ2n) is 2.69. The molecule has 0 saturated heterocycles. The van der Waals surface area contributed by atoms with Crippen LogP contribution in [0.3, 0.4) is 0 Å². The highest BCUT2D eigenvalue weighted by Crippen LogP contribution is 2.12. The molecule has 0 spiro atoms. The SMILES string of the molecule is C=CCOc1ccc(C(=O)O)c(C)n1. The van der Waals surface area contributed by atoms with Gasteiger partial charge in [0.1, 0.15) is 6.61 Å². The first kappa shape index (κ1) is 10.2. The molecule has 1 rings (SSSR count). The third-order valence-electron chi connectivity index (χ3n) is 1.64. The van der Waals surface area contributed by atoms with Crippen molar-refractivity contribution in [3.8, 4) is 5.88 Å².